The molecule has 2 heterocycles. The Morgan fingerprint density at radius 1 is 1.24 bits per heavy atom. The van der Waals surface area contributed by atoms with Gasteiger partial charge in [0.05, 0.1) is 5.52 Å². The van der Waals surface area contributed by atoms with Crippen molar-refractivity contribution in [3.8, 4) is 0 Å². The molecule has 1 aliphatic rings. The van der Waals surface area contributed by atoms with Crippen molar-refractivity contribution in [1.29, 1.82) is 0 Å². The van der Waals surface area contributed by atoms with E-state index in [1.165, 1.54) is 0 Å². The van der Waals surface area contributed by atoms with Crippen LogP contribution in [0.1, 0.15) is 55.4 Å². The molecule has 5 nitrogen and oxygen atoms in total. The van der Waals surface area contributed by atoms with Gasteiger partial charge < -0.3 is 10.1 Å². The van der Waals surface area contributed by atoms with E-state index in [0.29, 0.717) is 17.3 Å². The highest BCUT2D eigenvalue weighted by Crippen LogP contribution is 2.30. The molecule has 7 heteroatoms. The van der Waals surface area contributed by atoms with E-state index in [-0.39, 0.29) is 12.1 Å². The zero-order valence-corrected chi connectivity index (χ0v) is 19.0. The second-order valence-electron chi connectivity index (χ2n) is 6.59. The lowest BCUT2D eigenvalue weighted by Gasteiger charge is -2.23. The Hall–Kier alpha value is -1.89. The molecule has 0 radical (unpaired) electrons. The van der Waals surface area contributed by atoms with Crippen molar-refractivity contribution in [3.05, 3.63) is 63.2 Å². The molecule has 1 saturated heterocycles. The van der Waals surface area contributed by atoms with Gasteiger partial charge in [0.15, 0.2) is 11.9 Å². The Labute approximate surface area is 184 Å². The van der Waals surface area contributed by atoms with Gasteiger partial charge in [-0.1, -0.05) is 53.5 Å². The Balaban J connectivity index is 0.00000117. The fraction of sp³-hybridized carbons (Fsp3) is 0.364. The van der Waals surface area contributed by atoms with Gasteiger partial charge in [-0.25, -0.2) is 4.68 Å². The third-order valence-corrected chi connectivity index (χ3v) is 5.42. The minimum atomic E-state index is -0.202. The first kappa shape index (κ1) is 21.8. The molecule has 1 atom stereocenters. The molecule has 0 bridgehead atoms. The topological polar surface area (TPSA) is 56.2 Å². The lowest BCUT2D eigenvalue weighted by atomic mass is 10.1. The first-order valence-corrected chi connectivity index (χ1v) is 11.1. The van der Waals surface area contributed by atoms with Crippen molar-refractivity contribution in [3.63, 3.8) is 0 Å². The molecule has 0 spiro atoms. The van der Waals surface area contributed by atoms with Crippen LogP contribution in [0.4, 0.5) is 0 Å². The molecule has 0 aliphatic carbocycles. The summed E-state index contributed by atoms with van der Waals surface area (Å²) < 4.78 is 8.67. The quantitative estimate of drug-likeness (QED) is 0.492. The van der Waals surface area contributed by atoms with E-state index in [1.54, 1.807) is 0 Å². The van der Waals surface area contributed by atoms with Crippen LogP contribution in [0.5, 0.6) is 0 Å². The Morgan fingerprint density at radius 3 is 2.69 bits per heavy atom. The lowest BCUT2D eigenvalue weighted by Crippen LogP contribution is -2.24. The number of nitrogens with one attached hydrogen (secondary N) is 1. The average Bonchev–Trinajstić information content (AvgIpc) is 3.14. The van der Waals surface area contributed by atoms with E-state index < -0.39 is 0 Å². The largest absolute Gasteiger partial charge is 0.356 e. The SMILES string of the molecule is CC.O=C(NCc1ccc(Cl)cc1)c1nn(C2CCCCO2)c2cc(Br)ccc12. The van der Waals surface area contributed by atoms with Gasteiger partial charge in [0.2, 0.25) is 0 Å². The minimum Gasteiger partial charge on any atom is -0.356 e. The second kappa shape index (κ2) is 10.2. The zero-order valence-electron chi connectivity index (χ0n) is 16.6. The standard InChI is InChI=1S/C20H19BrClN3O2.C2H6/c21-14-6-9-16-17(11-14)25(18-3-1-2-10-27-18)24-19(16)20(26)23-12-13-4-7-15(22)8-5-13;1-2/h4-9,11,18H,1-3,10,12H2,(H,23,26);1-2H3. The van der Waals surface area contributed by atoms with Crippen LogP contribution in [0, 0.1) is 0 Å². The summed E-state index contributed by atoms with van der Waals surface area (Å²) in [5, 5.41) is 9.06. The number of carbonyl (C=O) groups is 1. The average molecular weight is 479 g/mol. The summed E-state index contributed by atoms with van der Waals surface area (Å²) in [6, 6.07) is 13.2. The summed E-state index contributed by atoms with van der Waals surface area (Å²) >= 11 is 9.42. The number of benzene rings is 2. The Morgan fingerprint density at radius 2 is 2.00 bits per heavy atom. The normalized spacial score (nSPS) is 16.2. The molecule has 3 aromatic rings. The van der Waals surface area contributed by atoms with Crippen LogP contribution in [-0.2, 0) is 11.3 Å². The van der Waals surface area contributed by atoms with E-state index in [0.717, 1.165) is 46.8 Å². The number of carbonyl (C=O) groups excluding carboxylic acids is 1. The zero-order chi connectivity index (χ0) is 20.8. The number of rotatable bonds is 4. The van der Waals surface area contributed by atoms with Crippen LogP contribution in [-0.4, -0.2) is 22.3 Å². The van der Waals surface area contributed by atoms with Crippen LogP contribution < -0.4 is 5.32 Å². The van der Waals surface area contributed by atoms with E-state index in [2.05, 4.69) is 26.3 Å². The van der Waals surface area contributed by atoms with Crippen molar-refractivity contribution in [1.82, 2.24) is 15.1 Å². The van der Waals surface area contributed by atoms with Crippen molar-refractivity contribution in [2.24, 2.45) is 0 Å². The van der Waals surface area contributed by atoms with Crippen molar-refractivity contribution in [2.75, 3.05) is 6.61 Å². The maximum atomic E-state index is 12.8. The van der Waals surface area contributed by atoms with E-state index in [9.17, 15) is 4.79 Å². The molecule has 29 heavy (non-hydrogen) atoms. The fourth-order valence-electron chi connectivity index (χ4n) is 3.28. The van der Waals surface area contributed by atoms with Crippen LogP contribution in [0.3, 0.4) is 0 Å². The Bertz CT molecular complexity index is 966. The summed E-state index contributed by atoms with van der Waals surface area (Å²) in [5.41, 5.74) is 2.29. The van der Waals surface area contributed by atoms with E-state index in [1.807, 2.05) is 61.0 Å². The highest BCUT2D eigenvalue weighted by Gasteiger charge is 2.23. The van der Waals surface area contributed by atoms with Gasteiger partial charge in [-0.2, -0.15) is 5.10 Å². The number of halogens is 2. The minimum absolute atomic E-state index is 0.131. The maximum Gasteiger partial charge on any atom is 0.272 e. The van der Waals surface area contributed by atoms with Gasteiger partial charge in [0.25, 0.3) is 5.91 Å². The summed E-state index contributed by atoms with van der Waals surface area (Å²) in [5.74, 6) is -0.202. The molecular formula is C22H25BrClN3O2. The summed E-state index contributed by atoms with van der Waals surface area (Å²) in [4.78, 5) is 12.8. The molecule has 1 N–H and O–H groups in total. The van der Waals surface area contributed by atoms with E-state index >= 15 is 0 Å². The van der Waals surface area contributed by atoms with Crippen LogP contribution in [0.2, 0.25) is 5.02 Å². The molecular weight excluding hydrogens is 454 g/mol. The van der Waals surface area contributed by atoms with Crippen LogP contribution >= 0.6 is 27.5 Å². The third kappa shape index (κ3) is 5.18. The van der Waals surface area contributed by atoms with Gasteiger partial charge in [-0.3, -0.25) is 4.79 Å². The number of ether oxygens (including phenoxy) is 1. The molecule has 1 aromatic heterocycles. The molecule has 2 aromatic carbocycles. The first-order valence-electron chi connectivity index (χ1n) is 9.94. The molecule has 1 unspecified atom stereocenters. The highest BCUT2D eigenvalue weighted by molar-refractivity contribution is 9.10. The smallest absolute Gasteiger partial charge is 0.272 e. The Kier molecular flexibility index (Phi) is 7.70. The van der Waals surface area contributed by atoms with Gasteiger partial charge in [-0.15, -0.1) is 0 Å². The first-order chi connectivity index (χ1) is 14.1. The number of hydrogen-bond acceptors (Lipinski definition) is 3. The van der Waals surface area contributed by atoms with Crippen LogP contribution in [0.25, 0.3) is 10.9 Å². The van der Waals surface area contributed by atoms with E-state index in [4.69, 9.17) is 16.3 Å². The summed E-state index contributed by atoms with van der Waals surface area (Å²) in [6.07, 6.45) is 2.93. The number of amides is 1. The second-order valence-corrected chi connectivity index (χ2v) is 7.94. The molecule has 0 saturated carbocycles. The predicted molar refractivity (Wildman–Crippen MR) is 120 cm³/mol. The van der Waals surface area contributed by atoms with Gasteiger partial charge in [0, 0.05) is 28.0 Å². The fourth-order valence-corrected chi connectivity index (χ4v) is 3.76. The molecule has 154 valence electrons. The number of hydrogen-bond donors (Lipinski definition) is 1. The maximum absolute atomic E-state index is 12.8. The molecule has 1 aliphatic heterocycles. The van der Waals surface area contributed by atoms with Gasteiger partial charge >= 0.3 is 0 Å². The predicted octanol–water partition coefficient (Wildman–Crippen LogP) is 6.11. The molecule has 1 amide bonds. The van der Waals surface area contributed by atoms with Crippen molar-refractivity contribution in [2.45, 2.75) is 45.9 Å². The lowest BCUT2D eigenvalue weighted by molar-refractivity contribution is -0.0368. The number of fused-ring (bicyclic) bond motifs is 1. The number of aromatic nitrogens is 2. The van der Waals surface area contributed by atoms with Gasteiger partial charge in [0.1, 0.15) is 0 Å². The monoisotopic (exact) mass is 477 g/mol. The molecule has 1 fully saturated rings. The van der Waals surface area contributed by atoms with Gasteiger partial charge in [-0.05, 0) is 55.2 Å². The highest BCUT2D eigenvalue weighted by atomic mass is 79.9. The van der Waals surface area contributed by atoms with Crippen LogP contribution in [0.15, 0.2) is 46.9 Å². The summed E-state index contributed by atoms with van der Waals surface area (Å²) in [7, 11) is 0. The third-order valence-electron chi connectivity index (χ3n) is 4.68. The number of nitrogens with zero attached hydrogens (tertiary/aromatic N) is 2. The summed E-state index contributed by atoms with van der Waals surface area (Å²) in [6.45, 7) is 5.14. The van der Waals surface area contributed by atoms with Crippen molar-refractivity contribution >= 4 is 44.3 Å². The molecule has 4 rings (SSSR count). The van der Waals surface area contributed by atoms with Crippen molar-refractivity contribution < 1.29 is 9.53 Å².